The van der Waals surface area contributed by atoms with Gasteiger partial charge in [0.15, 0.2) is 11.5 Å². The fraction of sp³-hybridized carbons (Fsp3) is 0.357. The Morgan fingerprint density at radius 1 is 1.17 bits per heavy atom. The molecule has 0 radical (unpaired) electrons. The van der Waals surface area contributed by atoms with E-state index in [0.717, 1.165) is 38.1 Å². The Hall–Kier alpha value is -2.58. The summed E-state index contributed by atoms with van der Waals surface area (Å²) in [6, 6.07) is 4.66. The lowest BCUT2D eigenvalue weighted by molar-refractivity contribution is -0.137. The number of hydrogen-bond donors (Lipinski definition) is 2. The number of aromatic amines is 1. The molecule has 0 saturated carbocycles. The quantitative estimate of drug-likeness (QED) is 0.836. The lowest BCUT2D eigenvalue weighted by Gasteiger charge is -2.13. The maximum Gasteiger partial charge on any atom is 0.416 e. The van der Waals surface area contributed by atoms with Crippen molar-refractivity contribution in [3.8, 4) is 0 Å². The van der Waals surface area contributed by atoms with E-state index in [1.165, 1.54) is 12.1 Å². The van der Waals surface area contributed by atoms with Gasteiger partial charge in [-0.3, -0.25) is 5.10 Å². The van der Waals surface area contributed by atoms with E-state index in [1.807, 2.05) is 4.90 Å². The normalized spacial score (nSPS) is 15.7. The first-order chi connectivity index (χ1) is 10.9. The van der Waals surface area contributed by atoms with Gasteiger partial charge in [0.25, 0.3) is 0 Å². The summed E-state index contributed by atoms with van der Waals surface area (Å²) in [5, 5.41) is 14.6. The number of halogens is 3. The lowest BCUT2D eigenvalue weighted by atomic mass is 10.2. The van der Waals surface area contributed by atoms with E-state index in [2.05, 4.69) is 20.4 Å². The van der Waals surface area contributed by atoms with Gasteiger partial charge < -0.3 is 10.6 Å². The van der Waals surface area contributed by atoms with Crippen LogP contribution >= 0.6 is 0 Å². The summed E-state index contributed by atoms with van der Waals surface area (Å²) in [4.78, 5) is 2.02. The number of anilines is 2. The molecule has 9 heteroatoms. The van der Waals surface area contributed by atoms with E-state index in [4.69, 9.17) is 5.73 Å². The first-order valence-electron chi connectivity index (χ1n) is 7.13. The van der Waals surface area contributed by atoms with Crippen molar-refractivity contribution in [1.82, 2.24) is 10.2 Å². The van der Waals surface area contributed by atoms with Crippen LogP contribution in [0, 0.1) is 0 Å². The zero-order valence-corrected chi connectivity index (χ0v) is 12.1. The van der Waals surface area contributed by atoms with Gasteiger partial charge in [-0.25, -0.2) is 0 Å². The summed E-state index contributed by atoms with van der Waals surface area (Å²) in [7, 11) is 0. The Balaban J connectivity index is 1.87. The highest BCUT2D eigenvalue weighted by molar-refractivity contribution is 5.73. The third-order valence-corrected chi connectivity index (χ3v) is 3.59. The third-order valence-electron chi connectivity index (χ3n) is 3.59. The molecule has 1 aliphatic rings. The van der Waals surface area contributed by atoms with Gasteiger partial charge in [0.2, 0.25) is 0 Å². The van der Waals surface area contributed by atoms with Crippen LogP contribution in [0.5, 0.6) is 0 Å². The van der Waals surface area contributed by atoms with E-state index in [-0.39, 0.29) is 11.5 Å². The van der Waals surface area contributed by atoms with Crippen molar-refractivity contribution in [3.05, 3.63) is 29.8 Å². The highest BCUT2D eigenvalue weighted by Gasteiger charge is 2.30. The Labute approximate surface area is 130 Å². The molecule has 1 saturated heterocycles. The molecule has 0 unspecified atom stereocenters. The number of nitrogens with two attached hydrogens (primary N) is 1. The monoisotopic (exact) mass is 324 g/mol. The number of hydrogen-bond acceptors (Lipinski definition) is 5. The largest absolute Gasteiger partial charge is 0.416 e. The van der Waals surface area contributed by atoms with E-state index < -0.39 is 11.7 Å². The highest BCUT2D eigenvalue weighted by atomic mass is 19.4. The summed E-state index contributed by atoms with van der Waals surface area (Å²) in [5.74, 6) is 0.818. The second kappa shape index (κ2) is 5.90. The molecule has 0 aliphatic carbocycles. The maximum atomic E-state index is 12.7. The van der Waals surface area contributed by atoms with Gasteiger partial charge in [-0.15, -0.1) is 5.11 Å². The van der Waals surface area contributed by atoms with Gasteiger partial charge in [-0.05, 0) is 31.0 Å². The van der Waals surface area contributed by atoms with Crippen molar-refractivity contribution in [1.29, 1.82) is 0 Å². The minimum atomic E-state index is -4.42. The Morgan fingerprint density at radius 2 is 1.91 bits per heavy atom. The molecular formula is C14H15F3N6. The number of azo groups is 1. The van der Waals surface area contributed by atoms with Crippen LogP contribution in [0.2, 0.25) is 0 Å². The minimum Gasteiger partial charge on any atom is -0.382 e. The Morgan fingerprint density at radius 3 is 2.61 bits per heavy atom. The molecule has 3 N–H and O–H groups in total. The summed E-state index contributed by atoms with van der Waals surface area (Å²) in [6.45, 7) is 1.69. The number of nitrogens with one attached hydrogen (secondary N) is 1. The van der Waals surface area contributed by atoms with Gasteiger partial charge in [0, 0.05) is 13.1 Å². The standard InChI is InChI=1S/C14H15F3N6/c15-14(16,17)9-4-3-5-10(8-9)19-20-11-12(18)21-22-13(11)23-6-1-2-7-23/h3-5,8H,1-2,6-7H2,(H3,18,21,22). The molecule has 1 aliphatic heterocycles. The highest BCUT2D eigenvalue weighted by Crippen LogP contribution is 2.36. The van der Waals surface area contributed by atoms with Crippen molar-refractivity contribution in [3.63, 3.8) is 0 Å². The molecule has 0 atom stereocenters. The number of H-pyrrole nitrogens is 1. The zero-order chi connectivity index (χ0) is 16.4. The summed E-state index contributed by atoms with van der Waals surface area (Å²) >= 11 is 0. The van der Waals surface area contributed by atoms with Crippen molar-refractivity contribution in [2.75, 3.05) is 23.7 Å². The number of nitrogens with zero attached hydrogens (tertiary/aromatic N) is 4. The van der Waals surface area contributed by atoms with E-state index in [0.29, 0.717) is 11.5 Å². The van der Waals surface area contributed by atoms with Crippen LogP contribution in [0.3, 0.4) is 0 Å². The molecule has 1 fully saturated rings. The summed E-state index contributed by atoms with van der Waals surface area (Å²) in [6.07, 6.45) is -2.31. The van der Waals surface area contributed by atoms with Crippen molar-refractivity contribution < 1.29 is 13.2 Å². The van der Waals surface area contributed by atoms with Crippen molar-refractivity contribution >= 4 is 23.0 Å². The molecule has 6 nitrogen and oxygen atoms in total. The molecule has 2 heterocycles. The molecule has 2 aromatic rings. The maximum absolute atomic E-state index is 12.7. The predicted molar refractivity (Wildman–Crippen MR) is 80.1 cm³/mol. The van der Waals surface area contributed by atoms with Crippen molar-refractivity contribution in [2.24, 2.45) is 10.2 Å². The van der Waals surface area contributed by atoms with Crippen LogP contribution in [0.1, 0.15) is 18.4 Å². The molecule has 0 amide bonds. The molecule has 3 rings (SSSR count). The average molecular weight is 324 g/mol. The molecule has 0 spiro atoms. The lowest BCUT2D eigenvalue weighted by Crippen LogP contribution is -2.18. The molecular weight excluding hydrogens is 309 g/mol. The van der Waals surface area contributed by atoms with Crippen LogP contribution in [0.4, 0.5) is 36.2 Å². The zero-order valence-electron chi connectivity index (χ0n) is 12.1. The third kappa shape index (κ3) is 3.27. The number of alkyl halides is 3. The fourth-order valence-electron chi connectivity index (χ4n) is 2.44. The van der Waals surface area contributed by atoms with Crippen LogP contribution < -0.4 is 10.6 Å². The first kappa shape index (κ1) is 15.3. The Kier molecular flexibility index (Phi) is 3.93. The molecule has 1 aromatic carbocycles. The number of aromatic nitrogens is 2. The van der Waals surface area contributed by atoms with E-state index in [9.17, 15) is 13.2 Å². The predicted octanol–water partition coefficient (Wildman–Crippen LogP) is 4.03. The number of benzene rings is 1. The van der Waals surface area contributed by atoms with Crippen LogP contribution in [-0.4, -0.2) is 23.3 Å². The van der Waals surface area contributed by atoms with Gasteiger partial charge in [0.05, 0.1) is 11.3 Å². The first-order valence-corrected chi connectivity index (χ1v) is 7.13. The molecule has 23 heavy (non-hydrogen) atoms. The van der Waals surface area contributed by atoms with Gasteiger partial charge >= 0.3 is 6.18 Å². The van der Waals surface area contributed by atoms with Crippen LogP contribution in [0.25, 0.3) is 0 Å². The second-order valence-electron chi connectivity index (χ2n) is 5.25. The van der Waals surface area contributed by atoms with E-state index >= 15 is 0 Å². The fourth-order valence-corrected chi connectivity index (χ4v) is 2.44. The van der Waals surface area contributed by atoms with Gasteiger partial charge in [0.1, 0.15) is 5.82 Å². The topological polar surface area (TPSA) is 82.7 Å². The van der Waals surface area contributed by atoms with Gasteiger partial charge in [-0.2, -0.15) is 23.4 Å². The number of rotatable bonds is 3. The molecule has 0 bridgehead atoms. The van der Waals surface area contributed by atoms with E-state index in [1.54, 1.807) is 0 Å². The van der Waals surface area contributed by atoms with Crippen LogP contribution in [0.15, 0.2) is 34.5 Å². The SMILES string of the molecule is Nc1[nH]nc(N2CCCC2)c1N=Nc1cccc(C(F)(F)F)c1. The molecule has 122 valence electrons. The summed E-state index contributed by atoms with van der Waals surface area (Å²) in [5.41, 5.74) is 5.48. The van der Waals surface area contributed by atoms with Crippen molar-refractivity contribution in [2.45, 2.75) is 19.0 Å². The second-order valence-corrected chi connectivity index (χ2v) is 5.25. The molecule has 1 aromatic heterocycles. The summed E-state index contributed by atoms with van der Waals surface area (Å²) < 4.78 is 38.1. The Bertz CT molecular complexity index is 716. The average Bonchev–Trinajstić information content (AvgIpc) is 3.14. The van der Waals surface area contributed by atoms with Gasteiger partial charge in [-0.1, -0.05) is 6.07 Å². The smallest absolute Gasteiger partial charge is 0.382 e. The minimum absolute atomic E-state index is 0.104. The van der Waals surface area contributed by atoms with Crippen LogP contribution in [-0.2, 0) is 6.18 Å². The number of nitrogen functional groups attached to an aromatic ring is 1.